The highest BCUT2D eigenvalue weighted by atomic mass is 32.2. The van der Waals surface area contributed by atoms with E-state index in [4.69, 9.17) is 9.57 Å². The third-order valence-electron chi connectivity index (χ3n) is 5.45. The van der Waals surface area contributed by atoms with E-state index in [2.05, 4.69) is 24.9 Å². The van der Waals surface area contributed by atoms with Crippen LogP contribution in [-0.2, 0) is 19.6 Å². The van der Waals surface area contributed by atoms with Gasteiger partial charge >= 0.3 is 6.16 Å². The zero-order valence-corrected chi connectivity index (χ0v) is 21.6. The number of nitrogens with one attached hydrogen (secondary N) is 2. The number of nitrogens with zero attached hydrogens (tertiary/aromatic N) is 4. The molecule has 1 aromatic heterocycles. The predicted octanol–water partition coefficient (Wildman–Crippen LogP) is 3.14. The molecule has 192 valence electrons. The van der Waals surface area contributed by atoms with Crippen molar-refractivity contribution in [3.05, 3.63) is 36.7 Å². The molecule has 2 aromatic rings. The molecular weight excluding hydrogens is 472 g/mol. The van der Waals surface area contributed by atoms with Crippen LogP contribution in [0, 0.1) is 5.92 Å². The minimum atomic E-state index is -3.48. The lowest BCUT2D eigenvalue weighted by atomic mass is 9.97. The molecule has 35 heavy (non-hydrogen) atoms. The number of carbonyl (C=O) groups excluding carboxylic acids is 1. The van der Waals surface area contributed by atoms with Crippen LogP contribution in [0.1, 0.15) is 33.6 Å². The van der Waals surface area contributed by atoms with E-state index in [0.717, 1.165) is 25.2 Å². The molecular formula is C23H34N6O5S. The summed E-state index contributed by atoms with van der Waals surface area (Å²) in [6.45, 7) is 7.50. The van der Waals surface area contributed by atoms with Gasteiger partial charge in [0.2, 0.25) is 10.0 Å². The number of aromatic nitrogens is 2. The second-order valence-electron chi connectivity index (χ2n) is 9.43. The van der Waals surface area contributed by atoms with Gasteiger partial charge in [-0.1, -0.05) is 0 Å². The van der Waals surface area contributed by atoms with E-state index in [9.17, 15) is 13.2 Å². The van der Waals surface area contributed by atoms with Crippen molar-refractivity contribution < 1.29 is 22.8 Å². The normalized spacial score (nSPS) is 15.5. The molecule has 0 saturated carbocycles. The van der Waals surface area contributed by atoms with Gasteiger partial charge in [-0.2, -0.15) is 0 Å². The van der Waals surface area contributed by atoms with Gasteiger partial charge in [0.15, 0.2) is 0 Å². The lowest BCUT2D eigenvalue weighted by molar-refractivity contribution is -0.154. The third kappa shape index (κ3) is 8.05. The van der Waals surface area contributed by atoms with Crippen LogP contribution in [0.5, 0.6) is 0 Å². The molecule has 0 atom stereocenters. The molecule has 0 aliphatic carbocycles. The Kier molecular flexibility index (Phi) is 8.51. The van der Waals surface area contributed by atoms with Crippen LogP contribution in [0.25, 0.3) is 0 Å². The summed E-state index contributed by atoms with van der Waals surface area (Å²) in [5.41, 5.74) is 0.129. The maximum atomic E-state index is 11.9. The van der Waals surface area contributed by atoms with E-state index in [1.165, 1.54) is 25.5 Å². The molecule has 1 fully saturated rings. The average molecular weight is 507 g/mol. The van der Waals surface area contributed by atoms with Crippen LogP contribution in [0.15, 0.2) is 41.6 Å². The molecule has 2 N–H and O–H groups in total. The first-order valence-electron chi connectivity index (χ1n) is 11.4. The first kappa shape index (κ1) is 26.6. The van der Waals surface area contributed by atoms with Gasteiger partial charge in [-0.05, 0) is 70.8 Å². The average Bonchev–Trinajstić information content (AvgIpc) is 2.79. The Morgan fingerprint density at radius 2 is 1.83 bits per heavy atom. The quantitative estimate of drug-likeness (QED) is 0.516. The first-order chi connectivity index (χ1) is 16.4. The fourth-order valence-corrected chi connectivity index (χ4v) is 4.38. The number of hydrogen-bond acceptors (Lipinski definition) is 10. The van der Waals surface area contributed by atoms with Crippen LogP contribution in [0.4, 0.5) is 22.1 Å². The fraction of sp³-hybridized carbons (Fsp3) is 0.522. The molecule has 0 unspecified atom stereocenters. The molecule has 1 aromatic carbocycles. The summed E-state index contributed by atoms with van der Waals surface area (Å²) >= 11 is 0. The molecule has 0 bridgehead atoms. The van der Waals surface area contributed by atoms with Crippen molar-refractivity contribution in [1.29, 1.82) is 0 Å². The minimum Gasteiger partial charge on any atom is -0.427 e. The third-order valence-corrected chi connectivity index (χ3v) is 6.88. The highest BCUT2D eigenvalue weighted by molar-refractivity contribution is 7.89. The maximum Gasteiger partial charge on any atom is 0.528 e. The Morgan fingerprint density at radius 1 is 1.17 bits per heavy atom. The summed E-state index contributed by atoms with van der Waals surface area (Å²) in [5.74, 6) is 1.79. The molecule has 11 nitrogen and oxygen atoms in total. The van der Waals surface area contributed by atoms with Crippen molar-refractivity contribution >= 4 is 33.5 Å². The monoisotopic (exact) mass is 506 g/mol. The summed E-state index contributed by atoms with van der Waals surface area (Å²) in [7, 11) is -0.125. The van der Waals surface area contributed by atoms with Gasteiger partial charge in [0.1, 0.15) is 23.6 Å². The van der Waals surface area contributed by atoms with E-state index in [1.807, 2.05) is 13.1 Å². The zero-order valence-electron chi connectivity index (χ0n) is 20.8. The van der Waals surface area contributed by atoms with Gasteiger partial charge in [-0.3, -0.25) is 0 Å². The second kappa shape index (κ2) is 11.2. The van der Waals surface area contributed by atoms with Crippen molar-refractivity contribution in [2.75, 3.05) is 43.9 Å². The number of ether oxygens (including phenoxy) is 1. The van der Waals surface area contributed by atoms with Crippen LogP contribution >= 0.6 is 0 Å². The zero-order chi connectivity index (χ0) is 25.6. The van der Waals surface area contributed by atoms with E-state index in [1.54, 1.807) is 38.0 Å². The Bertz CT molecular complexity index is 1100. The number of rotatable bonds is 8. The lowest BCUT2D eigenvalue weighted by Crippen LogP contribution is -2.40. The molecule has 1 saturated heterocycles. The first-order valence-corrected chi connectivity index (χ1v) is 12.9. The summed E-state index contributed by atoms with van der Waals surface area (Å²) in [6.07, 6.45) is 2.58. The smallest absolute Gasteiger partial charge is 0.427 e. The van der Waals surface area contributed by atoms with E-state index in [-0.39, 0.29) is 4.90 Å². The van der Waals surface area contributed by atoms with Crippen LogP contribution < -0.4 is 14.9 Å². The maximum absolute atomic E-state index is 11.9. The van der Waals surface area contributed by atoms with Crippen LogP contribution in [0.3, 0.4) is 0 Å². The summed E-state index contributed by atoms with van der Waals surface area (Å²) < 4.78 is 31.3. The molecule has 2 heterocycles. The largest absolute Gasteiger partial charge is 0.528 e. The Hall–Kier alpha value is -2.96. The number of hydrogen-bond donors (Lipinski definition) is 2. The second-order valence-corrected chi connectivity index (χ2v) is 11.3. The van der Waals surface area contributed by atoms with E-state index < -0.39 is 21.8 Å². The number of hydroxylamine groups is 2. The topological polar surface area (TPSA) is 126 Å². The lowest BCUT2D eigenvalue weighted by Gasteiger charge is -2.33. The van der Waals surface area contributed by atoms with Crippen molar-refractivity contribution in [3.63, 3.8) is 0 Å². The number of benzene rings is 1. The van der Waals surface area contributed by atoms with Crippen molar-refractivity contribution in [3.8, 4) is 0 Å². The predicted molar refractivity (Wildman–Crippen MR) is 133 cm³/mol. The molecule has 0 amide bonds. The Balaban J connectivity index is 1.51. The number of anilines is 3. The highest BCUT2D eigenvalue weighted by Crippen LogP contribution is 2.23. The van der Waals surface area contributed by atoms with Gasteiger partial charge < -0.3 is 19.8 Å². The SMILES string of the molecule is CNS(=O)(=O)c1ccc(Nc2cc(N(C)CC3CCN(OC(=O)OC(C)(C)C)CC3)ncn2)cc1. The minimum absolute atomic E-state index is 0.191. The molecule has 0 radical (unpaired) electrons. The van der Waals surface area contributed by atoms with Crippen LogP contribution in [-0.4, -0.2) is 68.9 Å². The van der Waals surface area contributed by atoms with E-state index in [0.29, 0.717) is 30.5 Å². The number of sulfonamides is 1. The van der Waals surface area contributed by atoms with Crippen molar-refractivity contribution in [2.24, 2.45) is 5.92 Å². The standard InChI is InChI=1S/C23H34N6O5S/c1-23(2,3)33-22(30)34-29-12-10-17(11-13-29)15-28(5)21-14-20(25-16-26-21)27-18-6-8-19(9-7-18)35(31,32)24-4/h6-9,14,16-17,24H,10-13,15H2,1-5H3,(H,25,26,27). The summed E-state index contributed by atoms with van der Waals surface area (Å²) in [6, 6.07) is 8.27. The van der Waals surface area contributed by atoms with Crippen molar-refractivity contribution in [2.45, 2.75) is 44.1 Å². The molecule has 1 aliphatic rings. The van der Waals surface area contributed by atoms with Gasteiger partial charge in [0.25, 0.3) is 0 Å². The van der Waals surface area contributed by atoms with Gasteiger partial charge in [0.05, 0.1) is 4.90 Å². The number of carbonyl (C=O) groups is 1. The molecule has 3 rings (SSSR count). The molecule has 1 aliphatic heterocycles. The van der Waals surface area contributed by atoms with Gasteiger partial charge in [-0.25, -0.2) is 27.9 Å². The summed E-state index contributed by atoms with van der Waals surface area (Å²) in [5, 5.41) is 4.84. The molecule has 12 heteroatoms. The number of piperidine rings is 1. The fourth-order valence-electron chi connectivity index (χ4n) is 3.65. The van der Waals surface area contributed by atoms with E-state index >= 15 is 0 Å². The Labute approximate surface area is 206 Å². The summed E-state index contributed by atoms with van der Waals surface area (Å²) in [4.78, 5) is 28.1. The highest BCUT2D eigenvalue weighted by Gasteiger charge is 2.26. The van der Waals surface area contributed by atoms with Crippen LogP contribution in [0.2, 0.25) is 0 Å². The Morgan fingerprint density at radius 3 is 2.43 bits per heavy atom. The van der Waals surface area contributed by atoms with Crippen molar-refractivity contribution in [1.82, 2.24) is 19.8 Å². The molecule has 0 spiro atoms. The van der Waals surface area contributed by atoms with Gasteiger partial charge in [-0.15, -0.1) is 5.06 Å². The van der Waals surface area contributed by atoms with Gasteiger partial charge in [0, 0.05) is 38.4 Å².